The molecule has 6 atom stereocenters. The van der Waals surface area contributed by atoms with Gasteiger partial charge in [0, 0.05) is 5.56 Å². The summed E-state index contributed by atoms with van der Waals surface area (Å²) in [6.07, 6.45) is -6.59. The van der Waals surface area contributed by atoms with E-state index in [1.165, 1.54) is 6.07 Å². The number of phenols is 1. The minimum Gasteiger partial charge on any atom is -0.507 e. The van der Waals surface area contributed by atoms with E-state index in [-0.39, 0.29) is 12.4 Å². The first-order valence-electron chi connectivity index (χ1n) is 6.32. The zero-order valence-electron chi connectivity index (χ0n) is 10.5. The summed E-state index contributed by atoms with van der Waals surface area (Å²) >= 11 is 0. The predicted molar refractivity (Wildman–Crippen MR) is 64.6 cm³/mol. The fourth-order valence-corrected chi connectivity index (χ4v) is 2.44. The Kier molecular flexibility index (Phi) is 3.63. The molecule has 0 radical (unpaired) electrons. The van der Waals surface area contributed by atoms with Gasteiger partial charge in [-0.25, -0.2) is 0 Å². The lowest BCUT2D eigenvalue weighted by molar-refractivity contribution is -0.354. The maximum atomic E-state index is 9.94. The van der Waals surface area contributed by atoms with Crippen molar-refractivity contribution in [3.8, 4) is 5.75 Å². The lowest BCUT2D eigenvalue weighted by Gasteiger charge is -2.45. The molecule has 0 saturated carbocycles. The molecule has 1 aromatic carbocycles. The molecule has 110 valence electrons. The number of aliphatic hydroxyl groups excluding tert-OH is 3. The van der Waals surface area contributed by atoms with E-state index in [0.29, 0.717) is 5.56 Å². The molecular weight excluding hydrogens is 268 g/mol. The molecule has 0 amide bonds. The summed E-state index contributed by atoms with van der Waals surface area (Å²) < 4.78 is 16.1. The molecule has 4 N–H and O–H groups in total. The number of aromatic hydroxyl groups is 1. The molecule has 1 aromatic rings. The third-order valence-electron chi connectivity index (χ3n) is 3.54. The van der Waals surface area contributed by atoms with E-state index >= 15 is 0 Å². The Balaban J connectivity index is 1.79. The molecule has 2 aliphatic heterocycles. The Morgan fingerprint density at radius 3 is 2.50 bits per heavy atom. The van der Waals surface area contributed by atoms with Crippen molar-refractivity contribution in [2.45, 2.75) is 37.0 Å². The predicted octanol–water partition coefficient (Wildman–Crippen LogP) is -0.755. The summed E-state index contributed by atoms with van der Waals surface area (Å²) in [5, 5.41) is 38.8. The number of benzene rings is 1. The van der Waals surface area contributed by atoms with E-state index in [9.17, 15) is 20.4 Å². The maximum absolute atomic E-state index is 9.94. The van der Waals surface area contributed by atoms with Crippen LogP contribution in [0.5, 0.6) is 5.75 Å². The molecule has 2 unspecified atom stereocenters. The van der Waals surface area contributed by atoms with Gasteiger partial charge in [0.2, 0.25) is 0 Å². The van der Waals surface area contributed by atoms with Crippen molar-refractivity contribution in [1.82, 2.24) is 0 Å². The fraction of sp³-hybridized carbons (Fsp3) is 0.538. The van der Waals surface area contributed by atoms with Crippen molar-refractivity contribution >= 4 is 0 Å². The smallest absolute Gasteiger partial charge is 0.188 e. The van der Waals surface area contributed by atoms with Gasteiger partial charge in [-0.3, -0.25) is 0 Å². The molecule has 2 fully saturated rings. The fourth-order valence-electron chi connectivity index (χ4n) is 2.44. The number of para-hydroxylation sites is 1. The van der Waals surface area contributed by atoms with E-state index in [0.717, 1.165) is 0 Å². The molecule has 7 nitrogen and oxygen atoms in total. The highest BCUT2D eigenvalue weighted by atomic mass is 16.7. The van der Waals surface area contributed by atoms with Crippen LogP contribution in [0.25, 0.3) is 0 Å². The van der Waals surface area contributed by atoms with Crippen LogP contribution in [0.3, 0.4) is 0 Å². The lowest BCUT2D eigenvalue weighted by Crippen LogP contribution is -2.61. The lowest BCUT2D eigenvalue weighted by atomic mass is 9.98. The van der Waals surface area contributed by atoms with Gasteiger partial charge in [-0.05, 0) is 6.07 Å². The highest BCUT2D eigenvalue weighted by Gasteiger charge is 2.48. The van der Waals surface area contributed by atoms with E-state index in [1.54, 1.807) is 18.2 Å². The van der Waals surface area contributed by atoms with Crippen molar-refractivity contribution in [2.75, 3.05) is 6.61 Å². The van der Waals surface area contributed by atoms with Crippen LogP contribution in [0.1, 0.15) is 11.9 Å². The summed E-state index contributed by atoms with van der Waals surface area (Å²) in [5.74, 6) is 0.0164. The second-order valence-corrected chi connectivity index (χ2v) is 4.87. The molecule has 2 saturated heterocycles. The van der Waals surface area contributed by atoms with Crippen LogP contribution in [0, 0.1) is 0 Å². The molecular formula is C13H16O7. The van der Waals surface area contributed by atoms with Gasteiger partial charge in [-0.1, -0.05) is 18.2 Å². The van der Waals surface area contributed by atoms with Crippen molar-refractivity contribution < 1.29 is 34.6 Å². The quantitative estimate of drug-likeness (QED) is 0.537. The first-order chi connectivity index (χ1) is 9.58. The second-order valence-electron chi connectivity index (χ2n) is 4.87. The zero-order chi connectivity index (χ0) is 14.3. The van der Waals surface area contributed by atoms with Crippen LogP contribution in [0.4, 0.5) is 0 Å². The third kappa shape index (κ3) is 2.28. The maximum Gasteiger partial charge on any atom is 0.188 e. The number of ether oxygens (including phenoxy) is 3. The van der Waals surface area contributed by atoms with Gasteiger partial charge >= 0.3 is 0 Å². The number of hydrogen-bond donors (Lipinski definition) is 4. The number of aliphatic hydroxyl groups is 3. The van der Waals surface area contributed by atoms with Crippen molar-refractivity contribution in [2.24, 2.45) is 0 Å². The van der Waals surface area contributed by atoms with E-state index < -0.39 is 37.0 Å². The SMILES string of the molecule is Oc1ccccc1C1OC[C@H]2OC(O)[C@@H](O)[C@@H](O)[C@@H]2O1. The molecule has 7 heteroatoms. The molecule has 20 heavy (non-hydrogen) atoms. The van der Waals surface area contributed by atoms with Gasteiger partial charge in [0.05, 0.1) is 6.61 Å². The van der Waals surface area contributed by atoms with Crippen LogP contribution < -0.4 is 0 Å². The molecule has 0 aliphatic carbocycles. The van der Waals surface area contributed by atoms with E-state index in [1.807, 2.05) is 0 Å². The third-order valence-corrected chi connectivity index (χ3v) is 3.54. The molecule has 2 heterocycles. The van der Waals surface area contributed by atoms with Crippen LogP contribution in [-0.4, -0.2) is 57.7 Å². The number of rotatable bonds is 1. The monoisotopic (exact) mass is 284 g/mol. The van der Waals surface area contributed by atoms with Gasteiger partial charge in [-0.15, -0.1) is 0 Å². The highest BCUT2D eigenvalue weighted by molar-refractivity contribution is 5.33. The van der Waals surface area contributed by atoms with Crippen LogP contribution in [0.15, 0.2) is 24.3 Å². The van der Waals surface area contributed by atoms with Crippen molar-refractivity contribution in [3.63, 3.8) is 0 Å². The Bertz CT molecular complexity index is 478. The number of phenolic OH excluding ortho intramolecular Hbond substituents is 1. The number of hydrogen-bond acceptors (Lipinski definition) is 7. The normalized spacial score (nSPS) is 41.1. The zero-order valence-corrected chi connectivity index (χ0v) is 10.5. The van der Waals surface area contributed by atoms with Gasteiger partial charge in [0.1, 0.15) is 30.2 Å². The molecule has 2 aliphatic rings. The van der Waals surface area contributed by atoms with Crippen LogP contribution in [0.2, 0.25) is 0 Å². The standard InChI is InChI=1S/C13H16O7/c14-7-4-2-1-3-6(7)13-18-5-8-11(20-13)9(15)10(16)12(17)19-8/h1-4,8-17H,5H2/t8-,9-,10+,11-,12?,13?/m1/s1. The van der Waals surface area contributed by atoms with Gasteiger partial charge in [0.15, 0.2) is 12.6 Å². The Hall–Kier alpha value is -1.22. The minimum absolute atomic E-state index is 0.0164. The van der Waals surface area contributed by atoms with Crippen molar-refractivity contribution in [3.05, 3.63) is 29.8 Å². The van der Waals surface area contributed by atoms with Crippen LogP contribution in [-0.2, 0) is 14.2 Å². The molecule has 0 spiro atoms. The largest absolute Gasteiger partial charge is 0.507 e. The summed E-state index contributed by atoms with van der Waals surface area (Å²) in [7, 11) is 0. The van der Waals surface area contributed by atoms with E-state index in [4.69, 9.17) is 14.2 Å². The molecule has 0 bridgehead atoms. The van der Waals surface area contributed by atoms with Crippen LogP contribution >= 0.6 is 0 Å². The summed E-state index contributed by atoms with van der Waals surface area (Å²) in [5.41, 5.74) is 0.429. The van der Waals surface area contributed by atoms with Crippen molar-refractivity contribution in [1.29, 1.82) is 0 Å². The Morgan fingerprint density at radius 2 is 1.75 bits per heavy atom. The summed E-state index contributed by atoms with van der Waals surface area (Å²) in [4.78, 5) is 0. The topological polar surface area (TPSA) is 109 Å². The average Bonchev–Trinajstić information content (AvgIpc) is 2.45. The average molecular weight is 284 g/mol. The summed E-state index contributed by atoms with van der Waals surface area (Å²) in [6.45, 7) is 0.0739. The first-order valence-corrected chi connectivity index (χ1v) is 6.32. The molecule has 3 rings (SSSR count). The Morgan fingerprint density at radius 1 is 1.00 bits per heavy atom. The van der Waals surface area contributed by atoms with Gasteiger partial charge in [-0.2, -0.15) is 0 Å². The molecule has 0 aromatic heterocycles. The Labute approximate surface area is 114 Å². The highest BCUT2D eigenvalue weighted by Crippen LogP contribution is 2.36. The van der Waals surface area contributed by atoms with Gasteiger partial charge < -0.3 is 34.6 Å². The first kappa shape index (κ1) is 13.7. The summed E-state index contributed by atoms with van der Waals surface area (Å²) in [6, 6.07) is 6.53. The second kappa shape index (κ2) is 5.28. The number of fused-ring (bicyclic) bond motifs is 1. The minimum atomic E-state index is -1.47. The van der Waals surface area contributed by atoms with E-state index in [2.05, 4.69) is 0 Å². The van der Waals surface area contributed by atoms with Gasteiger partial charge in [0.25, 0.3) is 0 Å².